The number of pyridine rings is 1. The van der Waals surface area contributed by atoms with Gasteiger partial charge in [-0.15, -0.1) is 0 Å². The van der Waals surface area contributed by atoms with Crippen LogP contribution in [0.1, 0.15) is 24.7 Å². The minimum atomic E-state index is -3.42. The van der Waals surface area contributed by atoms with E-state index in [1.165, 1.54) is 18.2 Å². The van der Waals surface area contributed by atoms with Gasteiger partial charge in [0.1, 0.15) is 5.69 Å². The van der Waals surface area contributed by atoms with Crippen LogP contribution in [0.2, 0.25) is 5.02 Å². The van der Waals surface area contributed by atoms with Crippen molar-refractivity contribution in [2.75, 3.05) is 24.7 Å². The van der Waals surface area contributed by atoms with Gasteiger partial charge >= 0.3 is 6.03 Å². The second kappa shape index (κ2) is 9.27. The minimum Gasteiger partial charge on any atom is -0.339 e. The smallest absolute Gasteiger partial charge is 0.321 e. The van der Waals surface area contributed by atoms with Crippen molar-refractivity contribution in [1.82, 2.24) is 20.0 Å². The number of fused-ring (bicyclic) bond motifs is 1. The number of nitrogens with one attached hydrogen (secondary N) is 1. The normalized spacial score (nSPS) is 14.9. The van der Waals surface area contributed by atoms with E-state index in [1.54, 1.807) is 4.90 Å². The summed E-state index contributed by atoms with van der Waals surface area (Å²) in [6.45, 7) is 0.956. The third-order valence-electron chi connectivity index (χ3n) is 6.01. The second-order valence-electron chi connectivity index (χ2n) is 8.45. The van der Waals surface area contributed by atoms with Crippen LogP contribution in [0.5, 0.6) is 0 Å². The number of anilines is 1. The molecule has 0 unspecified atom stereocenters. The van der Waals surface area contributed by atoms with Crippen LogP contribution in [-0.4, -0.2) is 53.8 Å². The first-order chi connectivity index (χ1) is 16.8. The van der Waals surface area contributed by atoms with Crippen molar-refractivity contribution in [2.45, 2.75) is 23.7 Å². The van der Waals surface area contributed by atoms with Gasteiger partial charge in [0.2, 0.25) is 11.7 Å². The molecule has 0 bridgehead atoms. The van der Waals surface area contributed by atoms with Gasteiger partial charge in [-0.2, -0.15) is 4.98 Å². The first-order valence-electron chi connectivity index (χ1n) is 11.0. The molecule has 1 aliphatic rings. The molecule has 0 spiro atoms. The fourth-order valence-corrected chi connectivity index (χ4v) is 4.86. The number of halogens is 1. The van der Waals surface area contributed by atoms with Gasteiger partial charge in [-0.05, 0) is 43.2 Å². The summed E-state index contributed by atoms with van der Waals surface area (Å²) in [5.74, 6) is 0.989. The number of para-hydroxylation sites is 1. The highest BCUT2D eigenvalue weighted by molar-refractivity contribution is 7.90. The van der Waals surface area contributed by atoms with E-state index >= 15 is 0 Å². The van der Waals surface area contributed by atoms with Gasteiger partial charge < -0.3 is 14.7 Å². The highest BCUT2D eigenvalue weighted by Gasteiger charge is 2.28. The van der Waals surface area contributed by atoms with Crippen molar-refractivity contribution in [1.29, 1.82) is 0 Å². The molecule has 1 saturated heterocycles. The lowest BCUT2D eigenvalue weighted by Gasteiger charge is -2.30. The van der Waals surface area contributed by atoms with Crippen LogP contribution in [0.4, 0.5) is 10.5 Å². The Morgan fingerprint density at radius 2 is 1.86 bits per heavy atom. The Kier molecular flexibility index (Phi) is 6.16. The molecule has 0 aliphatic carbocycles. The van der Waals surface area contributed by atoms with Crippen molar-refractivity contribution in [3.63, 3.8) is 0 Å². The van der Waals surface area contributed by atoms with Gasteiger partial charge in [-0.1, -0.05) is 41.0 Å². The number of likely N-dealkylation sites (tertiary alicyclic amines) is 1. The van der Waals surface area contributed by atoms with Crippen LogP contribution < -0.4 is 5.32 Å². The fraction of sp³-hybridized carbons (Fsp3) is 0.250. The highest BCUT2D eigenvalue weighted by Crippen LogP contribution is 2.30. The van der Waals surface area contributed by atoms with Crippen molar-refractivity contribution < 1.29 is 17.7 Å². The van der Waals surface area contributed by atoms with E-state index in [-0.39, 0.29) is 27.6 Å². The molecule has 9 nitrogen and oxygen atoms in total. The monoisotopic (exact) mass is 511 g/mol. The quantitative estimate of drug-likeness (QED) is 0.420. The zero-order chi connectivity index (χ0) is 24.6. The molecular weight excluding hydrogens is 490 g/mol. The van der Waals surface area contributed by atoms with Gasteiger partial charge in [0.25, 0.3) is 0 Å². The summed E-state index contributed by atoms with van der Waals surface area (Å²) in [7, 11) is -3.42. The SMILES string of the molecule is CS(=O)(=O)c1ccc(Cl)c(NC(=O)N2CCC(c3nc(-c4ccc5ccccc5n4)no3)CC2)c1. The molecular formula is C24H22ClN5O4S. The first-order valence-corrected chi connectivity index (χ1v) is 13.3. The molecule has 180 valence electrons. The summed E-state index contributed by atoms with van der Waals surface area (Å²) >= 11 is 6.16. The van der Waals surface area contributed by atoms with Crippen LogP contribution in [0.3, 0.4) is 0 Å². The molecule has 1 N–H and O–H groups in total. The molecule has 1 aliphatic heterocycles. The number of nitrogens with zero attached hydrogens (tertiary/aromatic N) is 4. The first kappa shape index (κ1) is 23.3. The number of piperidine rings is 1. The summed E-state index contributed by atoms with van der Waals surface area (Å²) in [6, 6.07) is 15.6. The molecule has 4 aromatic rings. The molecule has 0 radical (unpaired) electrons. The number of hydrogen-bond acceptors (Lipinski definition) is 7. The standard InChI is InChI=1S/C24H22ClN5O4S/c1-35(32,33)17-7-8-18(25)21(14-17)27-24(31)30-12-10-16(11-13-30)23-28-22(29-34-23)20-9-6-15-4-2-3-5-19(15)26-20/h2-9,14,16H,10-13H2,1H3,(H,27,31). The average molecular weight is 512 g/mol. The van der Waals surface area contributed by atoms with E-state index < -0.39 is 9.84 Å². The van der Waals surface area contributed by atoms with E-state index in [0.29, 0.717) is 43.3 Å². The number of sulfone groups is 1. The van der Waals surface area contributed by atoms with Crippen LogP contribution in [-0.2, 0) is 9.84 Å². The molecule has 0 atom stereocenters. The molecule has 2 aromatic heterocycles. The van der Waals surface area contributed by atoms with Gasteiger partial charge in [-0.25, -0.2) is 18.2 Å². The molecule has 3 heterocycles. The van der Waals surface area contributed by atoms with Crippen molar-refractivity contribution in [2.24, 2.45) is 0 Å². The highest BCUT2D eigenvalue weighted by atomic mass is 35.5. The maximum atomic E-state index is 12.8. The van der Waals surface area contributed by atoms with E-state index in [4.69, 9.17) is 16.1 Å². The molecule has 2 amide bonds. The zero-order valence-corrected chi connectivity index (χ0v) is 20.4. The number of benzene rings is 2. The van der Waals surface area contributed by atoms with Crippen LogP contribution in [0.15, 0.2) is 64.0 Å². The number of hydrogen-bond donors (Lipinski definition) is 1. The molecule has 0 saturated carbocycles. The Morgan fingerprint density at radius 1 is 1.09 bits per heavy atom. The average Bonchev–Trinajstić information content (AvgIpc) is 3.35. The summed E-state index contributed by atoms with van der Waals surface area (Å²) in [4.78, 5) is 23.7. The van der Waals surface area contributed by atoms with Gasteiger partial charge in [-0.3, -0.25) is 0 Å². The van der Waals surface area contributed by atoms with Gasteiger partial charge in [0.05, 0.1) is 21.1 Å². The Balaban J connectivity index is 1.23. The molecule has 2 aromatic carbocycles. The number of amides is 2. The summed E-state index contributed by atoms with van der Waals surface area (Å²) < 4.78 is 29.2. The second-order valence-corrected chi connectivity index (χ2v) is 10.9. The van der Waals surface area contributed by atoms with Gasteiger partial charge in [0.15, 0.2) is 9.84 Å². The van der Waals surface area contributed by atoms with E-state index in [9.17, 15) is 13.2 Å². The third kappa shape index (κ3) is 4.98. The van der Waals surface area contributed by atoms with Crippen molar-refractivity contribution in [3.8, 4) is 11.5 Å². The Bertz CT molecular complexity index is 1510. The lowest BCUT2D eigenvalue weighted by molar-refractivity contribution is 0.187. The predicted octanol–water partition coefficient (Wildman–Crippen LogP) is 4.75. The Labute approximate surface area is 207 Å². The predicted molar refractivity (Wildman–Crippen MR) is 132 cm³/mol. The van der Waals surface area contributed by atoms with Crippen molar-refractivity contribution in [3.05, 3.63) is 65.5 Å². The van der Waals surface area contributed by atoms with E-state index in [0.717, 1.165) is 17.2 Å². The number of urea groups is 1. The number of rotatable bonds is 4. The minimum absolute atomic E-state index is 0.0258. The number of aromatic nitrogens is 3. The maximum absolute atomic E-state index is 12.8. The van der Waals surface area contributed by atoms with E-state index in [1.807, 2.05) is 36.4 Å². The molecule has 35 heavy (non-hydrogen) atoms. The molecule has 11 heteroatoms. The Morgan fingerprint density at radius 3 is 2.63 bits per heavy atom. The largest absolute Gasteiger partial charge is 0.339 e. The van der Waals surface area contributed by atoms with Crippen LogP contribution in [0, 0.1) is 0 Å². The van der Waals surface area contributed by atoms with Crippen molar-refractivity contribution >= 4 is 44.1 Å². The zero-order valence-electron chi connectivity index (χ0n) is 18.8. The molecule has 5 rings (SSSR count). The summed E-state index contributed by atoms with van der Waals surface area (Å²) in [5, 5.41) is 8.13. The summed E-state index contributed by atoms with van der Waals surface area (Å²) in [6.07, 6.45) is 2.40. The Hall–Kier alpha value is -3.50. The topological polar surface area (TPSA) is 118 Å². The van der Waals surface area contributed by atoms with Crippen LogP contribution in [0.25, 0.3) is 22.4 Å². The summed E-state index contributed by atoms with van der Waals surface area (Å²) in [5.41, 5.74) is 1.76. The number of carbonyl (C=O) groups is 1. The van der Waals surface area contributed by atoms with E-state index in [2.05, 4.69) is 20.4 Å². The third-order valence-corrected chi connectivity index (χ3v) is 7.45. The molecule has 1 fully saturated rings. The maximum Gasteiger partial charge on any atom is 0.321 e. The number of carbonyl (C=O) groups excluding carboxylic acids is 1. The lowest BCUT2D eigenvalue weighted by atomic mass is 9.97. The fourth-order valence-electron chi connectivity index (χ4n) is 4.05. The lowest BCUT2D eigenvalue weighted by Crippen LogP contribution is -2.40. The van der Waals surface area contributed by atoms with Crippen LogP contribution >= 0.6 is 11.6 Å². The van der Waals surface area contributed by atoms with Gasteiger partial charge in [0, 0.05) is 30.6 Å².